The number of ether oxygens (including phenoxy) is 2. The van der Waals surface area contributed by atoms with Crippen LogP contribution >= 0.6 is 0 Å². The highest BCUT2D eigenvalue weighted by molar-refractivity contribution is 7.89. The molecule has 1 aromatic carbocycles. The number of sulfonamides is 1. The molecule has 0 atom stereocenters. The van der Waals surface area contributed by atoms with Crippen molar-refractivity contribution in [3.63, 3.8) is 0 Å². The Morgan fingerprint density at radius 1 is 1.15 bits per heavy atom. The number of fused-ring (bicyclic) bond motifs is 1. The lowest BCUT2D eigenvalue weighted by Crippen LogP contribution is -2.31. The van der Waals surface area contributed by atoms with Crippen LogP contribution in [0.2, 0.25) is 0 Å². The summed E-state index contributed by atoms with van der Waals surface area (Å²) in [6, 6.07) is 10.4. The fourth-order valence-electron chi connectivity index (χ4n) is 2.77. The summed E-state index contributed by atoms with van der Waals surface area (Å²) in [6.07, 6.45) is 3.56. The fourth-order valence-corrected chi connectivity index (χ4v) is 4.37. The highest BCUT2D eigenvalue weighted by Gasteiger charge is 2.28. The molecule has 0 aliphatic rings. The lowest BCUT2D eigenvalue weighted by Gasteiger charge is -2.22. The molecule has 0 unspecified atom stereocenters. The van der Waals surface area contributed by atoms with Crippen molar-refractivity contribution in [3.05, 3.63) is 54.5 Å². The third kappa shape index (κ3) is 3.25. The van der Waals surface area contributed by atoms with Crippen LogP contribution < -0.4 is 9.47 Å². The molecule has 0 fully saturated rings. The summed E-state index contributed by atoms with van der Waals surface area (Å²) in [7, 11) is -0.844. The van der Waals surface area contributed by atoms with Gasteiger partial charge in [0.05, 0.1) is 32.7 Å². The third-order valence-electron chi connectivity index (χ3n) is 4.17. The summed E-state index contributed by atoms with van der Waals surface area (Å²) < 4.78 is 40.2. The average molecular weight is 375 g/mol. The van der Waals surface area contributed by atoms with Crippen molar-refractivity contribution in [1.82, 2.24) is 13.7 Å². The normalized spacial score (nSPS) is 11.8. The molecule has 26 heavy (non-hydrogen) atoms. The quantitative estimate of drug-likeness (QED) is 0.635. The Morgan fingerprint density at radius 2 is 1.96 bits per heavy atom. The van der Waals surface area contributed by atoms with E-state index in [0.717, 1.165) is 11.3 Å². The zero-order chi connectivity index (χ0) is 18.7. The van der Waals surface area contributed by atoms with Crippen molar-refractivity contribution < 1.29 is 17.9 Å². The van der Waals surface area contributed by atoms with Crippen LogP contribution in [0.3, 0.4) is 0 Å². The molecule has 3 aromatic rings. The van der Waals surface area contributed by atoms with Crippen LogP contribution in [0.5, 0.6) is 11.5 Å². The van der Waals surface area contributed by atoms with Crippen molar-refractivity contribution in [2.45, 2.75) is 18.4 Å². The summed E-state index contributed by atoms with van der Waals surface area (Å²) in [5.41, 5.74) is 1.56. The second-order valence-corrected chi connectivity index (χ2v) is 7.53. The molecule has 138 valence electrons. The molecule has 2 heterocycles. The van der Waals surface area contributed by atoms with Crippen LogP contribution in [0.25, 0.3) is 5.65 Å². The predicted octanol–water partition coefficient (Wildman–Crippen LogP) is 2.56. The standard InChI is InChI=1S/C18H21N3O4S/c1-4-20(13-14-12-19-18-7-5-6-10-21(14)18)26(22,23)17-11-15(24-2)8-9-16(17)25-3/h5-12H,4,13H2,1-3H3. The maximum absolute atomic E-state index is 13.2. The van der Waals surface area contributed by atoms with E-state index < -0.39 is 10.0 Å². The average Bonchev–Trinajstić information content (AvgIpc) is 3.08. The second kappa shape index (κ2) is 7.35. The van der Waals surface area contributed by atoms with Gasteiger partial charge in [0, 0.05) is 18.8 Å². The smallest absolute Gasteiger partial charge is 0.247 e. The summed E-state index contributed by atoms with van der Waals surface area (Å²) in [5, 5.41) is 0. The van der Waals surface area contributed by atoms with Gasteiger partial charge < -0.3 is 13.9 Å². The number of imidazole rings is 1. The van der Waals surface area contributed by atoms with Gasteiger partial charge in [-0.2, -0.15) is 4.31 Å². The van der Waals surface area contributed by atoms with Gasteiger partial charge in [-0.1, -0.05) is 13.0 Å². The van der Waals surface area contributed by atoms with Gasteiger partial charge in [0.25, 0.3) is 0 Å². The molecule has 0 N–H and O–H groups in total. The van der Waals surface area contributed by atoms with Crippen molar-refractivity contribution in [1.29, 1.82) is 0 Å². The van der Waals surface area contributed by atoms with Gasteiger partial charge in [0.1, 0.15) is 22.0 Å². The first-order chi connectivity index (χ1) is 12.5. The third-order valence-corrected chi connectivity index (χ3v) is 6.12. The summed E-state index contributed by atoms with van der Waals surface area (Å²) >= 11 is 0. The van der Waals surface area contributed by atoms with E-state index in [0.29, 0.717) is 12.3 Å². The number of hydrogen-bond acceptors (Lipinski definition) is 5. The zero-order valence-corrected chi connectivity index (χ0v) is 15.7. The molecule has 0 aliphatic heterocycles. The highest BCUT2D eigenvalue weighted by atomic mass is 32.2. The molecule has 0 spiro atoms. The van der Waals surface area contributed by atoms with Crippen LogP contribution in [0.15, 0.2) is 53.7 Å². The van der Waals surface area contributed by atoms with E-state index in [-0.39, 0.29) is 17.2 Å². The Balaban J connectivity index is 2.01. The van der Waals surface area contributed by atoms with Gasteiger partial charge in [-0.3, -0.25) is 0 Å². The molecule has 0 radical (unpaired) electrons. The molecule has 3 rings (SSSR count). The van der Waals surface area contributed by atoms with E-state index in [1.54, 1.807) is 25.3 Å². The zero-order valence-electron chi connectivity index (χ0n) is 14.9. The van der Waals surface area contributed by atoms with Gasteiger partial charge in [0.15, 0.2) is 0 Å². The topological polar surface area (TPSA) is 73.1 Å². The molecule has 8 heteroatoms. The predicted molar refractivity (Wildman–Crippen MR) is 98.0 cm³/mol. The minimum absolute atomic E-state index is 0.0787. The largest absolute Gasteiger partial charge is 0.497 e. The molecule has 7 nitrogen and oxygen atoms in total. The number of aromatic nitrogens is 2. The molecule has 2 aromatic heterocycles. The Hall–Kier alpha value is -2.58. The lowest BCUT2D eigenvalue weighted by atomic mass is 10.3. The van der Waals surface area contributed by atoms with E-state index in [1.807, 2.05) is 28.8 Å². The first kappa shape index (κ1) is 18.2. The summed E-state index contributed by atoms with van der Waals surface area (Å²) in [5.74, 6) is 0.734. The molecule has 0 aliphatic carbocycles. The fraction of sp³-hybridized carbons (Fsp3) is 0.278. The summed E-state index contributed by atoms with van der Waals surface area (Å²) in [6.45, 7) is 2.31. The van der Waals surface area contributed by atoms with Crippen molar-refractivity contribution in [2.24, 2.45) is 0 Å². The lowest BCUT2D eigenvalue weighted by molar-refractivity contribution is 0.382. The van der Waals surface area contributed by atoms with E-state index >= 15 is 0 Å². The van der Waals surface area contributed by atoms with E-state index in [4.69, 9.17) is 9.47 Å². The molecule has 0 bridgehead atoms. The molecule has 0 saturated heterocycles. The number of nitrogens with zero attached hydrogens (tertiary/aromatic N) is 3. The van der Waals surface area contributed by atoms with E-state index in [9.17, 15) is 8.42 Å². The molecule has 0 amide bonds. The van der Waals surface area contributed by atoms with Crippen LogP contribution in [0, 0.1) is 0 Å². The van der Waals surface area contributed by atoms with Gasteiger partial charge >= 0.3 is 0 Å². The Kier molecular flexibility index (Phi) is 5.15. The SMILES string of the molecule is CCN(Cc1cnc2ccccn12)S(=O)(=O)c1cc(OC)ccc1OC. The van der Waals surface area contributed by atoms with Crippen molar-refractivity contribution >= 4 is 15.7 Å². The first-order valence-corrected chi connectivity index (χ1v) is 9.58. The van der Waals surface area contributed by atoms with Crippen LogP contribution in [0.4, 0.5) is 0 Å². The van der Waals surface area contributed by atoms with Crippen LogP contribution in [-0.2, 0) is 16.6 Å². The second-order valence-electron chi connectivity index (χ2n) is 5.63. The first-order valence-electron chi connectivity index (χ1n) is 8.14. The Morgan fingerprint density at radius 3 is 2.65 bits per heavy atom. The van der Waals surface area contributed by atoms with Crippen LogP contribution in [-0.4, -0.2) is 42.9 Å². The monoisotopic (exact) mass is 375 g/mol. The van der Waals surface area contributed by atoms with Gasteiger partial charge in [-0.25, -0.2) is 13.4 Å². The van der Waals surface area contributed by atoms with Gasteiger partial charge in [-0.05, 0) is 24.3 Å². The van der Waals surface area contributed by atoms with Crippen LogP contribution in [0.1, 0.15) is 12.6 Å². The molecular formula is C18H21N3O4S. The maximum atomic E-state index is 13.2. The minimum atomic E-state index is -3.78. The van der Waals surface area contributed by atoms with E-state index in [1.165, 1.54) is 24.6 Å². The molecular weight excluding hydrogens is 354 g/mol. The van der Waals surface area contributed by atoms with E-state index in [2.05, 4.69) is 4.98 Å². The van der Waals surface area contributed by atoms with Gasteiger partial charge in [0.2, 0.25) is 10.0 Å². The number of hydrogen-bond donors (Lipinski definition) is 0. The highest BCUT2D eigenvalue weighted by Crippen LogP contribution is 2.31. The molecule has 0 saturated carbocycles. The number of rotatable bonds is 7. The Bertz CT molecular complexity index is 1010. The number of pyridine rings is 1. The maximum Gasteiger partial charge on any atom is 0.247 e. The minimum Gasteiger partial charge on any atom is -0.497 e. The van der Waals surface area contributed by atoms with Crippen molar-refractivity contribution in [2.75, 3.05) is 20.8 Å². The number of benzene rings is 1. The number of methoxy groups -OCH3 is 2. The Labute approximate surface area is 152 Å². The van der Waals surface area contributed by atoms with Gasteiger partial charge in [-0.15, -0.1) is 0 Å². The van der Waals surface area contributed by atoms with Crippen molar-refractivity contribution in [3.8, 4) is 11.5 Å². The summed E-state index contributed by atoms with van der Waals surface area (Å²) in [4.78, 5) is 4.40.